The van der Waals surface area contributed by atoms with Crippen LogP contribution in [0.25, 0.3) is 76.8 Å². The molecule has 0 N–H and O–H groups in total. The van der Waals surface area contributed by atoms with Gasteiger partial charge in [-0.15, -0.1) is 0 Å². The first-order valence-corrected chi connectivity index (χ1v) is 19.1. The number of hydrogen-bond acceptors (Lipinski definition) is 4. The third-order valence-corrected chi connectivity index (χ3v) is 12.9. The van der Waals surface area contributed by atoms with Crippen molar-refractivity contribution in [2.24, 2.45) is 0 Å². The quantitative estimate of drug-likeness (QED) is 0.138. The smallest absolute Gasteiger partial charge is 0.235 e. The van der Waals surface area contributed by atoms with Gasteiger partial charge in [-0.05, 0) is 39.2 Å². The van der Waals surface area contributed by atoms with E-state index >= 15 is 0 Å². The van der Waals surface area contributed by atoms with Gasteiger partial charge < -0.3 is 4.42 Å². The van der Waals surface area contributed by atoms with Crippen molar-refractivity contribution in [3.63, 3.8) is 0 Å². The summed E-state index contributed by atoms with van der Waals surface area (Å²) in [5.74, 6) is 0.520. The van der Waals surface area contributed by atoms with E-state index in [4.69, 9.17) is 37.9 Å². The number of furan rings is 1. The molecule has 1 aliphatic heterocycles. The van der Waals surface area contributed by atoms with Gasteiger partial charge >= 0.3 is 0 Å². The van der Waals surface area contributed by atoms with E-state index in [2.05, 4.69) is 108 Å². The Labute approximate surface area is 316 Å². The summed E-state index contributed by atoms with van der Waals surface area (Å²) in [5, 5.41) is 9.92. The summed E-state index contributed by atoms with van der Waals surface area (Å²) in [7, 11) is 18.3. The lowest BCUT2D eigenvalue weighted by Gasteiger charge is -2.40. The van der Waals surface area contributed by atoms with Gasteiger partial charge in [-0.1, -0.05) is 156 Å². The molecular formula is C46H25B3N3OP. The summed E-state index contributed by atoms with van der Waals surface area (Å²) in [6.07, 6.45) is 0. The topological polar surface area (TPSA) is 42.2 Å². The molecular weight excluding hydrogens is 674 g/mol. The molecule has 8 heteroatoms. The van der Waals surface area contributed by atoms with Gasteiger partial charge in [-0.2, -0.15) is 0 Å². The van der Waals surface area contributed by atoms with E-state index in [1.807, 2.05) is 36.4 Å². The molecule has 54 heavy (non-hydrogen) atoms. The van der Waals surface area contributed by atoms with Gasteiger partial charge in [0.1, 0.15) is 34.8 Å². The number of rotatable bonds is 3. The van der Waals surface area contributed by atoms with Gasteiger partial charge in [0, 0.05) is 37.9 Å². The minimum absolute atomic E-state index is 0.453. The van der Waals surface area contributed by atoms with Gasteiger partial charge in [-0.25, -0.2) is 9.97 Å². The van der Waals surface area contributed by atoms with Crippen LogP contribution in [0.4, 0.5) is 11.6 Å². The molecule has 10 aromatic rings. The highest BCUT2D eigenvalue weighted by atomic mass is 31.1. The molecule has 6 radical (unpaired) electrons. The Hall–Kier alpha value is -6.16. The van der Waals surface area contributed by atoms with Crippen LogP contribution >= 0.6 is 8.07 Å². The van der Waals surface area contributed by atoms with Crippen LogP contribution in [-0.2, 0) is 0 Å². The van der Waals surface area contributed by atoms with Crippen molar-refractivity contribution in [3.8, 4) is 22.4 Å². The SMILES string of the molecule is [B]c1cc([B])c(-c2nc(N3c4c(c5ccccc5c5c4oc4ccccc45)-c4c(ccc5ccccc45)P3c3ccccc3)nc3ccccc23)c([B])c1. The molecule has 0 amide bonds. The Bertz CT molecular complexity index is 3160. The van der Waals surface area contributed by atoms with E-state index in [1.54, 1.807) is 12.1 Å². The van der Waals surface area contributed by atoms with Crippen molar-refractivity contribution in [2.45, 2.75) is 0 Å². The molecule has 4 nitrogen and oxygen atoms in total. The third-order valence-electron chi connectivity index (χ3n) is 10.6. The predicted octanol–water partition coefficient (Wildman–Crippen LogP) is 8.05. The van der Waals surface area contributed by atoms with Crippen LogP contribution in [-0.4, -0.2) is 33.5 Å². The molecule has 1 aliphatic rings. The molecule has 8 aromatic carbocycles. The van der Waals surface area contributed by atoms with E-state index in [9.17, 15) is 0 Å². The first-order valence-electron chi connectivity index (χ1n) is 17.8. The van der Waals surface area contributed by atoms with Gasteiger partial charge in [-0.3, -0.25) is 4.67 Å². The Morgan fingerprint density at radius 1 is 0.537 bits per heavy atom. The van der Waals surface area contributed by atoms with Crippen LogP contribution in [0.15, 0.2) is 156 Å². The number of aromatic nitrogens is 2. The number of hydrogen-bond donors (Lipinski definition) is 0. The average Bonchev–Trinajstić information content (AvgIpc) is 3.60. The van der Waals surface area contributed by atoms with Crippen molar-refractivity contribution >= 4 is 125 Å². The zero-order valence-electron chi connectivity index (χ0n) is 28.9. The second-order valence-corrected chi connectivity index (χ2v) is 15.7. The van der Waals surface area contributed by atoms with Gasteiger partial charge in [0.15, 0.2) is 5.58 Å². The van der Waals surface area contributed by atoms with Crippen molar-refractivity contribution in [1.82, 2.24) is 9.97 Å². The number of anilines is 2. The van der Waals surface area contributed by atoms with Crippen molar-refractivity contribution in [3.05, 3.63) is 152 Å². The number of fused-ring (bicyclic) bond motifs is 13. The molecule has 3 heterocycles. The highest BCUT2D eigenvalue weighted by Crippen LogP contribution is 2.61. The predicted molar refractivity (Wildman–Crippen MR) is 230 cm³/mol. The normalized spacial score (nSPS) is 13.9. The Kier molecular flexibility index (Phi) is 6.93. The summed E-state index contributed by atoms with van der Waals surface area (Å²) in [5.41, 5.74) is 8.26. The minimum atomic E-state index is -1.33. The highest BCUT2D eigenvalue weighted by molar-refractivity contribution is 7.75. The zero-order valence-corrected chi connectivity index (χ0v) is 29.8. The van der Waals surface area contributed by atoms with Gasteiger partial charge in [0.2, 0.25) is 5.95 Å². The fourth-order valence-corrected chi connectivity index (χ4v) is 10.8. The molecule has 0 fully saturated rings. The lowest BCUT2D eigenvalue weighted by atomic mass is 9.75. The fourth-order valence-electron chi connectivity index (χ4n) is 8.35. The average molecular weight is 699 g/mol. The van der Waals surface area contributed by atoms with Crippen LogP contribution in [0.1, 0.15) is 0 Å². The van der Waals surface area contributed by atoms with E-state index < -0.39 is 8.07 Å². The second-order valence-electron chi connectivity index (χ2n) is 13.7. The van der Waals surface area contributed by atoms with Crippen molar-refractivity contribution in [1.29, 1.82) is 0 Å². The third kappa shape index (κ3) is 4.52. The monoisotopic (exact) mass is 699 g/mol. The summed E-state index contributed by atoms with van der Waals surface area (Å²) in [6, 6.07) is 52.3. The molecule has 1 atom stereocenters. The number of nitrogens with zero attached hydrogens (tertiary/aromatic N) is 3. The Morgan fingerprint density at radius 3 is 1.98 bits per heavy atom. The highest BCUT2D eigenvalue weighted by Gasteiger charge is 2.40. The molecule has 0 saturated heterocycles. The number of benzene rings is 8. The van der Waals surface area contributed by atoms with Crippen LogP contribution in [0.5, 0.6) is 0 Å². The van der Waals surface area contributed by atoms with E-state index in [0.717, 1.165) is 60.2 Å². The largest absolute Gasteiger partial charge is 0.454 e. The molecule has 0 aliphatic carbocycles. The maximum Gasteiger partial charge on any atom is 0.235 e. The van der Waals surface area contributed by atoms with Crippen LogP contribution in [0.2, 0.25) is 0 Å². The lowest BCUT2D eigenvalue weighted by molar-refractivity contribution is 0.669. The molecule has 2 aromatic heterocycles. The van der Waals surface area contributed by atoms with Crippen molar-refractivity contribution in [2.75, 3.05) is 4.67 Å². The first-order chi connectivity index (χ1) is 26.5. The van der Waals surface area contributed by atoms with Crippen LogP contribution < -0.4 is 31.7 Å². The van der Waals surface area contributed by atoms with Gasteiger partial charge in [0.05, 0.1) is 19.3 Å². The Balaban J connectivity index is 1.37. The summed E-state index contributed by atoms with van der Waals surface area (Å²) in [6.45, 7) is 0. The van der Waals surface area contributed by atoms with Crippen LogP contribution in [0.3, 0.4) is 0 Å². The standard InChI is InChI=1S/C46H25B3N3OP/c47-27-24-34(48)42(35(49)25-27)43-32-18-8-10-20-36(32)50-46(51-43)52-44-41(31-17-7-6-16-30(31)39-33-19-9-11-21-37(33)53-45(39)44)40-29-15-5-4-12-26(29)22-23-38(40)54(52)28-13-2-1-3-14-28/h1-25H. The fraction of sp³-hybridized carbons (Fsp3) is 0. The first kappa shape index (κ1) is 31.4. The maximum atomic E-state index is 7.04. The lowest BCUT2D eigenvalue weighted by Crippen LogP contribution is -2.32. The zero-order chi connectivity index (χ0) is 36.1. The minimum Gasteiger partial charge on any atom is -0.454 e. The molecule has 11 rings (SSSR count). The van der Waals surface area contributed by atoms with Crippen molar-refractivity contribution < 1.29 is 4.42 Å². The van der Waals surface area contributed by atoms with E-state index in [1.165, 1.54) is 21.6 Å². The number of para-hydroxylation sites is 2. The summed E-state index contributed by atoms with van der Waals surface area (Å²) in [4.78, 5) is 10.9. The summed E-state index contributed by atoms with van der Waals surface area (Å²) < 4.78 is 9.38. The van der Waals surface area contributed by atoms with E-state index in [-0.39, 0.29) is 0 Å². The van der Waals surface area contributed by atoms with Crippen LogP contribution in [0, 0.1) is 0 Å². The molecule has 244 valence electrons. The molecule has 0 saturated carbocycles. The molecule has 0 bridgehead atoms. The van der Waals surface area contributed by atoms with E-state index in [0.29, 0.717) is 33.6 Å². The molecule has 0 spiro atoms. The maximum absolute atomic E-state index is 7.04. The summed E-state index contributed by atoms with van der Waals surface area (Å²) >= 11 is 0. The van der Waals surface area contributed by atoms with Gasteiger partial charge in [0.25, 0.3) is 0 Å². The Morgan fingerprint density at radius 2 is 1.19 bits per heavy atom. The second kappa shape index (κ2) is 11.9. The molecule has 1 unspecified atom stereocenters.